The lowest BCUT2D eigenvalue weighted by molar-refractivity contribution is -0.165. The Hall–Kier alpha value is -1.69. The van der Waals surface area contributed by atoms with Gasteiger partial charge in [-0.25, -0.2) is 0 Å². The highest BCUT2D eigenvalue weighted by Crippen LogP contribution is 2.78. The Labute approximate surface area is 177 Å². The number of fused-ring (bicyclic) bond motifs is 4. The van der Waals surface area contributed by atoms with Crippen molar-refractivity contribution in [2.75, 3.05) is 7.11 Å². The Kier molecular flexibility index (Phi) is 3.65. The monoisotopic (exact) mass is 413 g/mol. The maximum Gasteiger partial charge on any atom is 0.306 e. The summed E-state index contributed by atoms with van der Waals surface area (Å²) in [7, 11) is 1.58. The van der Waals surface area contributed by atoms with Crippen LogP contribution in [0, 0.1) is 28.6 Å². The van der Waals surface area contributed by atoms with Crippen molar-refractivity contribution in [3.05, 3.63) is 11.6 Å². The first-order valence-electron chi connectivity index (χ1n) is 11.5. The van der Waals surface area contributed by atoms with E-state index in [1.807, 2.05) is 12.3 Å². The van der Waals surface area contributed by atoms with Gasteiger partial charge in [0, 0.05) is 41.7 Å². The molecule has 162 valence electrons. The minimum absolute atomic E-state index is 0.0467. The first-order valence-corrected chi connectivity index (χ1v) is 11.5. The number of ether oxygens (including phenoxy) is 2. The third-order valence-corrected chi connectivity index (χ3v) is 10.1. The molecule has 3 saturated carbocycles. The van der Waals surface area contributed by atoms with Crippen molar-refractivity contribution in [3.8, 4) is 0 Å². The molecule has 2 saturated heterocycles. The van der Waals surface area contributed by atoms with Gasteiger partial charge >= 0.3 is 5.97 Å². The SMILES string of the molecule is CO/N=C/[C@@H]1CC2=CC(=O)CC[C@]2(C)[C@@]23O[C@@H]2C[C@@]2(C)C(CC[C@@]24CCC(=O)O4)C13. The maximum atomic E-state index is 12.3. The van der Waals surface area contributed by atoms with Crippen LogP contribution in [0.25, 0.3) is 0 Å². The third-order valence-electron chi connectivity index (χ3n) is 10.1. The van der Waals surface area contributed by atoms with Crippen molar-refractivity contribution in [2.24, 2.45) is 33.7 Å². The minimum Gasteiger partial charge on any atom is -0.458 e. The summed E-state index contributed by atoms with van der Waals surface area (Å²) in [5.41, 5.74) is 0.483. The van der Waals surface area contributed by atoms with Crippen LogP contribution in [-0.2, 0) is 23.9 Å². The Morgan fingerprint density at radius 1 is 1.20 bits per heavy atom. The topological polar surface area (TPSA) is 77.5 Å². The van der Waals surface area contributed by atoms with Crippen molar-refractivity contribution in [3.63, 3.8) is 0 Å². The number of carbonyl (C=O) groups is 2. The summed E-state index contributed by atoms with van der Waals surface area (Å²) in [6.07, 6.45) is 10.6. The summed E-state index contributed by atoms with van der Waals surface area (Å²) in [4.78, 5) is 29.5. The second-order valence-electron chi connectivity index (χ2n) is 10.9. The van der Waals surface area contributed by atoms with Crippen LogP contribution in [-0.4, -0.2) is 42.4 Å². The molecule has 0 bridgehead atoms. The average Bonchev–Trinajstić information content (AvgIpc) is 3.19. The second kappa shape index (κ2) is 5.76. The molecule has 0 amide bonds. The molecule has 8 atom stereocenters. The molecule has 0 radical (unpaired) electrons. The quantitative estimate of drug-likeness (QED) is 0.299. The van der Waals surface area contributed by atoms with Crippen LogP contribution >= 0.6 is 0 Å². The highest BCUT2D eigenvalue weighted by atomic mass is 16.6. The molecule has 0 aromatic rings. The average molecular weight is 414 g/mol. The number of rotatable bonds is 2. The van der Waals surface area contributed by atoms with E-state index in [1.54, 1.807) is 7.11 Å². The summed E-state index contributed by atoms with van der Waals surface area (Å²) >= 11 is 0. The predicted octanol–water partition coefficient (Wildman–Crippen LogP) is 3.58. The van der Waals surface area contributed by atoms with E-state index in [0.29, 0.717) is 24.7 Å². The minimum atomic E-state index is -0.338. The van der Waals surface area contributed by atoms with Crippen LogP contribution in [0.3, 0.4) is 0 Å². The van der Waals surface area contributed by atoms with Gasteiger partial charge in [-0.2, -0.15) is 0 Å². The summed E-state index contributed by atoms with van der Waals surface area (Å²) < 4.78 is 12.8. The van der Waals surface area contributed by atoms with Crippen LogP contribution in [0.2, 0.25) is 0 Å². The zero-order chi connectivity index (χ0) is 20.9. The van der Waals surface area contributed by atoms with Gasteiger partial charge in [-0.3, -0.25) is 9.59 Å². The van der Waals surface area contributed by atoms with Crippen LogP contribution < -0.4 is 0 Å². The number of hydrogen-bond donors (Lipinski definition) is 0. The first kappa shape index (κ1) is 19.0. The molecule has 6 nitrogen and oxygen atoms in total. The van der Waals surface area contributed by atoms with E-state index in [4.69, 9.17) is 14.3 Å². The number of esters is 1. The number of oxime groups is 1. The fourth-order valence-corrected chi connectivity index (χ4v) is 8.64. The zero-order valence-corrected chi connectivity index (χ0v) is 18.1. The van der Waals surface area contributed by atoms with Gasteiger partial charge in [0.15, 0.2) is 5.78 Å². The van der Waals surface area contributed by atoms with Gasteiger partial charge in [-0.15, -0.1) is 0 Å². The van der Waals surface area contributed by atoms with E-state index >= 15 is 0 Å². The first-order chi connectivity index (χ1) is 14.3. The lowest BCUT2D eigenvalue weighted by Crippen LogP contribution is -2.62. The largest absolute Gasteiger partial charge is 0.458 e. The standard InChI is InChI=1S/C24H31NO5/c1-21-7-4-16(26)11-15(21)10-14(13-25-28-3)20-17-5-8-23(9-6-19(27)30-23)22(17,2)12-18-24(20,21)29-18/h11,13-14,17-18,20H,4-10,12H2,1-3H3/b25-13+/t14-,17?,18+,20?,21-,22-,23+,24+/m0/s1. The highest BCUT2D eigenvalue weighted by Gasteiger charge is 2.82. The van der Waals surface area contributed by atoms with E-state index < -0.39 is 0 Å². The van der Waals surface area contributed by atoms with E-state index in [1.165, 1.54) is 5.57 Å². The van der Waals surface area contributed by atoms with Gasteiger partial charge in [0.1, 0.15) is 18.3 Å². The van der Waals surface area contributed by atoms with Crippen molar-refractivity contribution in [1.82, 2.24) is 0 Å². The summed E-state index contributed by atoms with van der Waals surface area (Å²) in [6.45, 7) is 4.67. The Morgan fingerprint density at radius 3 is 2.77 bits per heavy atom. The molecular weight excluding hydrogens is 382 g/mol. The fourth-order valence-electron chi connectivity index (χ4n) is 8.64. The lowest BCUT2D eigenvalue weighted by atomic mass is 9.44. The van der Waals surface area contributed by atoms with Crippen molar-refractivity contribution >= 4 is 18.0 Å². The van der Waals surface area contributed by atoms with Crippen LogP contribution in [0.1, 0.15) is 65.2 Å². The molecule has 2 unspecified atom stereocenters. The van der Waals surface area contributed by atoms with Gasteiger partial charge in [0.05, 0.1) is 6.10 Å². The molecule has 6 heteroatoms. The Bertz CT molecular complexity index is 896. The van der Waals surface area contributed by atoms with E-state index in [9.17, 15) is 9.59 Å². The molecule has 2 spiro atoms. The summed E-state index contributed by atoms with van der Waals surface area (Å²) in [5, 5.41) is 4.18. The van der Waals surface area contributed by atoms with Gasteiger partial charge in [0.25, 0.3) is 0 Å². The van der Waals surface area contributed by atoms with Crippen LogP contribution in [0.15, 0.2) is 16.8 Å². The van der Waals surface area contributed by atoms with Gasteiger partial charge in [-0.1, -0.05) is 24.6 Å². The molecule has 0 N–H and O–H groups in total. The number of hydrogen-bond acceptors (Lipinski definition) is 6. The highest BCUT2D eigenvalue weighted by molar-refractivity contribution is 5.92. The molecule has 2 aliphatic heterocycles. The third kappa shape index (κ3) is 2.02. The van der Waals surface area contributed by atoms with E-state index in [-0.39, 0.29) is 45.8 Å². The van der Waals surface area contributed by atoms with Crippen LogP contribution in [0.5, 0.6) is 0 Å². The summed E-state index contributed by atoms with van der Waals surface area (Å²) in [6, 6.07) is 0. The van der Waals surface area contributed by atoms with Gasteiger partial charge in [0.2, 0.25) is 0 Å². The van der Waals surface area contributed by atoms with Crippen molar-refractivity contribution in [2.45, 2.75) is 82.5 Å². The molecule has 0 aromatic heterocycles. The van der Waals surface area contributed by atoms with E-state index in [0.717, 1.165) is 38.5 Å². The zero-order valence-electron chi connectivity index (χ0n) is 18.1. The van der Waals surface area contributed by atoms with Gasteiger partial charge < -0.3 is 14.3 Å². The molecule has 6 aliphatic rings. The molecule has 2 heterocycles. The van der Waals surface area contributed by atoms with Crippen molar-refractivity contribution in [1.29, 1.82) is 0 Å². The van der Waals surface area contributed by atoms with Crippen LogP contribution in [0.4, 0.5) is 0 Å². The molecule has 5 fully saturated rings. The second-order valence-corrected chi connectivity index (χ2v) is 10.9. The number of carbonyl (C=O) groups excluding carboxylic acids is 2. The fraction of sp³-hybridized carbons (Fsp3) is 0.792. The number of ketones is 1. The normalized spacial score (nSPS) is 53.6. The molecular formula is C24H31NO5. The summed E-state index contributed by atoms with van der Waals surface area (Å²) in [5.74, 6) is 1.06. The molecule has 30 heavy (non-hydrogen) atoms. The molecule has 4 aliphatic carbocycles. The molecule has 0 aromatic carbocycles. The smallest absolute Gasteiger partial charge is 0.306 e. The Morgan fingerprint density at radius 2 is 2.03 bits per heavy atom. The maximum absolute atomic E-state index is 12.3. The lowest BCUT2D eigenvalue weighted by Gasteiger charge is -2.58. The number of nitrogens with zero attached hydrogens (tertiary/aromatic N) is 1. The van der Waals surface area contributed by atoms with Crippen molar-refractivity contribution < 1.29 is 23.9 Å². The molecule has 6 rings (SSSR count). The Balaban J connectivity index is 1.47. The predicted molar refractivity (Wildman–Crippen MR) is 109 cm³/mol. The van der Waals surface area contributed by atoms with Gasteiger partial charge in [-0.05, 0) is 50.5 Å². The number of epoxide rings is 1. The van der Waals surface area contributed by atoms with E-state index in [2.05, 4.69) is 19.0 Å².